The van der Waals surface area contributed by atoms with Crippen LogP contribution in [0.5, 0.6) is 5.75 Å². The number of hydrogen-bond acceptors (Lipinski definition) is 3. The van der Waals surface area contributed by atoms with Gasteiger partial charge in [0.05, 0.1) is 0 Å². The minimum Gasteiger partial charge on any atom is -0.507 e. The zero-order chi connectivity index (χ0) is 17.6. The van der Waals surface area contributed by atoms with Crippen molar-refractivity contribution < 1.29 is 9.90 Å². The second-order valence-corrected chi connectivity index (χ2v) is 7.29. The standard InChI is InChI=1S/C21H24N2O2/c1-14-10-15(2)20(24)18-11-17-13-22(12-16-6-4-3-5-7-16)8-9-23(17)21(25)19(14)18/h3-7,10,17,24H,8-9,11-13H2,1-2H3/t17-/m1/s1. The van der Waals surface area contributed by atoms with E-state index >= 15 is 0 Å². The fourth-order valence-electron chi connectivity index (χ4n) is 4.28. The van der Waals surface area contributed by atoms with Gasteiger partial charge in [0.1, 0.15) is 5.75 Å². The summed E-state index contributed by atoms with van der Waals surface area (Å²) in [6.07, 6.45) is 0.737. The maximum absolute atomic E-state index is 13.0. The molecule has 4 rings (SSSR count). The average Bonchev–Trinajstić information content (AvgIpc) is 2.60. The van der Waals surface area contributed by atoms with Crippen molar-refractivity contribution in [1.82, 2.24) is 9.80 Å². The van der Waals surface area contributed by atoms with Crippen LogP contribution in [0.1, 0.15) is 32.6 Å². The Kier molecular flexibility index (Phi) is 4.00. The molecule has 1 saturated heterocycles. The first-order valence-corrected chi connectivity index (χ1v) is 8.94. The van der Waals surface area contributed by atoms with Crippen molar-refractivity contribution in [2.24, 2.45) is 0 Å². The molecular formula is C21H24N2O2. The lowest BCUT2D eigenvalue weighted by molar-refractivity contribution is 0.0398. The molecule has 0 aromatic heterocycles. The number of amides is 1. The van der Waals surface area contributed by atoms with Crippen molar-refractivity contribution in [3.8, 4) is 5.75 Å². The van der Waals surface area contributed by atoms with Gasteiger partial charge in [-0.15, -0.1) is 0 Å². The first-order valence-electron chi connectivity index (χ1n) is 8.94. The number of aryl methyl sites for hydroxylation is 2. The minimum atomic E-state index is 0.0819. The molecule has 2 aliphatic heterocycles. The molecule has 0 bridgehead atoms. The number of benzene rings is 2. The quantitative estimate of drug-likeness (QED) is 0.917. The molecule has 2 heterocycles. The lowest BCUT2D eigenvalue weighted by atomic mass is 9.87. The Morgan fingerprint density at radius 2 is 1.88 bits per heavy atom. The third-order valence-corrected chi connectivity index (χ3v) is 5.52. The maximum atomic E-state index is 13.0. The molecule has 130 valence electrons. The third kappa shape index (κ3) is 2.81. The lowest BCUT2D eigenvalue weighted by Gasteiger charge is -2.45. The van der Waals surface area contributed by atoms with E-state index in [1.54, 1.807) is 0 Å². The number of phenolic OH excluding ortho intramolecular Hbond substituents is 1. The van der Waals surface area contributed by atoms with Crippen LogP contribution in [0, 0.1) is 13.8 Å². The fourth-order valence-corrected chi connectivity index (χ4v) is 4.28. The Balaban J connectivity index is 1.59. The molecular weight excluding hydrogens is 312 g/mol. The van der Waals surface area contributed by atoms with E-state index in [0.29, 0.717) is 5.75 Å². The summed E-state index contributed by atoms with van der Waals surface area (Å²) in [5.41, 5.74) is 4.68. The Labute approximate surface area is 148 Å². The third-order valence-electron chi connectivity index (χ3n) is 5.52. The number of rotatable bonds is 2. The maximum Gasteiger partial charge on any atom is 0.254 e. The second-order valence-electron chi connectivity index (χ2n) is 7.29. The summed E-state index contributed by atoms with van der Waals surface area (Å²) >= 11 is 0. The highest BCUT2D eigenvalue weighted by Gasteiger charge is 2.38. The van der Waals surface area contributed by atoms with Crippen LogP contribution >= 0.6 is 0 Å². The molecule has 0 saturated carbocycles. The summed E-state index contributed by atoms with van der Waals surface area (Å²) in [7, 11) is 0. The normalized spacial score (nSPS) is 20.3. The highest BCUT2D eigenvalue weighted by atomic mass is 16.3. The van der Waals surface area contributed by atoms with Crippen LogP contribution in [0.15, 0.2) is 36.4 Å². The van der Waals surface area contributed by atoms with Crippen molar-refractivity contribution in [1.29, 1.82) is 0 Å². The van der Waals surface area contributed by atoms with E-state index in [4.69, 9.17) is 0 Å². The molecule has 1 N–H and O–H groups in total. The van der Waals surface area contributed by atoms with E-state index in [-0.39, 0.29) is 11.9 Å². The van der Waals surface area contributed by atoms with E-state index in [9.17, 15) is 9.90 Å². The molecule has 2 aliphatic rings. The van der Waals surface area contributed by atoms with Gasteiger partial charge < -0.3 is 10.0 Å². The van der Waals surface area contributed by atoms with Gasteiger partial charge in [-0.3, -0.25) is 9.69 Å². The van der Waals surface area contributed by atoms with Crippen molar-refractivity contribution in [2.75, 3.05) is 19.6 Å². The Morgan fingerprint density at radius 3 is 2.64 bits per heavy atom. The van der Waals surface area contributed by atoms with Crippen LogP contribution in [0.25, 0.3) is 0 Å². The van der Waals surface area contributed by atoms with Crippen LogP contribution < -0.4 is 0 Å². The van der Waals surface area contributed by atoms with Gasteiger partial charge >= 0.3 is 0 Å². The summed E-state index contributed by atoms with van der Waals surface area (Å²) in [5, 5.41) is 10.5. The number of carbonyl (C=O) groups is 1. The molecule has 4 nitrogen and oxygen atoms in total. The molecule has 1 amide bonds. The highest BCUT2D eigenvalue weighted by molar-refractivity contribution is 5.99. The Morgan fingerprint density at radius 1 is 1.12 bits per heavy atom. The van der Waals surface area contributed by atoms with E-state index in [2.05, 4.69) is 29.2 Å². The number of aromatic hydroxyl groups is 1. The first kappa shape index (κ1) is 16.2. The molecule has 0 unspecified atom stereocenters. The molecule has 1 atom stereocenters. The first-order chi connectivity index (χ1) is 12.0. The topological polar surface area (TPSA) is 43.8 Å². The molecule has 25 heavy (non-hydrogen) atoms. The van der Waals surface area contributed by atoms with Gasteiger partial charge in [0, 0.05) is 43.3 Å². The molecule has 4 heteroatoms. The molecule has 2 aromatic rings. The fraction of sp³-hybridized carbons (Fsp3) is 0.381. The predicted octanol–water partition coefficient (Wildman–Crippen LogP) is 2.89. The van der Waals surface area contributed by atoms with Gasteiger partial charge in [-0.2, -0.15) is 0 Å². The van der Waals surface area contributed by atoms with Crippen molar-refractivity contribution in [3.63, 3.8) is 0 Å². The van der Waals surface area contributed by atoms with Crippen molar-refractivity contribution in [3.05, 3.63) is 64.2 Å². The average molecular weight is 336 g/mol. The van der Waals surface area contributed by atoms with E-state index in [0.717, 1.165) is 54.9 Å². The SMILES string of the molecule is Cc1cc(C)c2c(c1O)C[C@@H]1CN(Cc3ccccc3)CCN1C2=O. The van der Waals surface area contributed by atoms with E-state index in [1.165, 1.54) is 5.56 Å². The summed E-state index contributed by atoms with van der Waals surface area (Å²) in [5.74, 6) is 0.382. The van der Waals surface area contributed by atoms with Crippen molar-refractivity contribution >= 4 is 5.91 Å². The zero-order valence-corrected chi connectivity index (χ0v) is 14.8. The number of carbonyl (C=O) groups excluding carboxylic acids is 1. The Bertz CT molecular complexity index is 816. The number of piperazine rings is 1. The van der Waals surface area contributed by atoms with Crippen LogP contribution in [-0.4, -0.2) is 46.5 Å². The summed E-state index contributed by atoms with van der Waals surface area (Å²) < 4.78 is 0. The number of fused-ring (bicyclic) bond motifs is 2. The van der Waals surface area contributed by atoms with Gasteiger partial charge in [-0.1, -0.05) is 36.4 Å². The van der Waals surface area contributed by atoms with Crippen molar-refractivity contribution in [2.45, 2.75) is 32.9 Å². The summed E-state index contributed by atoms with van der Waals surface area (Å²) in [6.45, 7) is 7.28. The zero-order valence-electron chi connectivity index (χ0n) is 14.8. The smallest absolute Gasteiger partial charge is 0.254 e. The largest absolute Gasteiger partial charge is 0.507 e. The van der Waals surface area contributed by atoms with Crippen LogP contribution in [0.2, 0.25) is 0 Å². The van der Waals surface area contributed by atoms with E-state index in [1.807, 2.05) is 30.9 Å². The van der Waals surface area contributed by atoms with Gasteiger partial charge in [-0.25, -0.2) is 0 Å². The minimum absolute atomic E-state index is 0.0819. The number of phenols is 1. The summed E-state index contributed by atoms with van der Waals surface area (Å²) in [6, 6.07) is 12.5. The predicted molar refractivity (Wildman–Crippen MR) is 97.8 cm³/mol. The van der Waals surface area contributed by atoms with Crippen LogP contribution in [-0.2, 0) is 13.0 Å². The lowest BCUT2D eigenvalue weighted by Crippen LogP contribution is -2.57. The second kappa shape index (κ2) is 6.19. The van der Waals surface area contributed by atoms with Crippen LogP contribution in [0.4, 0.5) is 0 Å². The van der Waals surface area contributed by atoms with Crippen LogP contribution in [0.3, 0.4) is 0 Å². The Hall–Kier alpha value is -2.33. The number of nitrogens with zero attached hydrogens (tertiary/aromatic N) is 2. The van der Waals surface area contributed by atoms with Gasteiger partial charge in [0.2, 0.25) is 0 Å². The highest BCUT2D eigenvalue weighted by Crippen LogP contribution is 2.36. The van der Waals surface area contributed by atoms with E-state index < -0.39 is 0 Å². The van der Waals surface area contributed by atoms with Gasteiger partial charge in [-0.05, 0) is 37.0 Å². The number of hydrogen-bond donors (Lipinski definition) is 1. The summed E-state index contributed by atoms with van der Waals surface area (Å²) in [4.78, 5) is 17.4. The molecule has 0 radical (unpaired) electrons. The molecule has 1 fully saturated rings. The van der Waals surface area contributed by atoms with Gasteiger partial charge in [0.25, 0.3) is 5.91 Å². The molecule has 0 aliphatic carbocycles. The molecule has 0 spiro atoms. The van der Waals surface area contributed by atoms with Gasteiger partial charge in [0.15, 0.2) is 0 Å². The molecule has 2 aromatic carbocycles. The monoisotopic (exact) mass is 336 g/mol.